The normalized spacial score (nSPS) is 24.9. The molecular formula is C13H28ClN3. The van der Waals surface area contributed by atoms with E-state index in [-0.39, 0.29) is 17.9 Å². The number of nitrogens with zero attached hydrogens (tertiary/aromatic N) is 2. The molecule has 2 N–H and O–H groups in total. The number of piperazine rings is 1. The maximum Gasteiger partial charge on any atom is 0.0226 e. The molecule has 4 heteroatoms. The first-order chi connectivity index (χ1) is 7.54. The molecule has 0 atom stereocenters. The summed E-state index contributed by atoms with van der Waals surface area (Å²) in [6.07, 6.45) is 5.76. The third-order valence-electron chi connectivity index (χ3n) is 3.88. The first kappa shape index (κ1) is 15.2. The summed E-state index contributed by atoms with van der Waals surface area (Å²) in [6.45, 7) is 10.2. The Morgan fingerprint density at radius 3 is 2.06 bits per heavy atom. The second kappa shape index (κ2) is 6.37. The lowest BCUT2D eigenvalue weighted by atomic mass is 10.1. The van der Waals surface area contributed by atoms with Crippen molar-refractivity contribution in [2.75, 3.05) is 32.7 Å². The molecular weight excluding hydrogens is 234 g/mol. The van der Waals surface area contributed by atoms with Crippen molar-refractivity contribution < 1.29 is 0 Å². The van der Waals surface area contributed by atoms with Crippen LogP contribution in [0.3, 0.4) is 0 Å². The minimum atomic E-state index is -0.0461. The standard InChI is InChI=1S/C13H27N3.ClH/c1-13(2,14)11-15-7-9-16(10-8-15)12-5-3-4-6-12;/h12H,3-11,14H2,1-2H3;1H. The van der Waals surface area contributed by atoms with Crippen LogP contribution in [0.1, 0.15) is 39.5 Å². The van der Waals surface area contributed by atoms with Crippen LogP contribution in [0.15, 0.2) is 0 Å². The summed E-state index contributed by atoms with van der Waals surface area (Å²) in [5.74, 6) is 0. The maximum absolute atomic E-state index is 6.07. The lowest BCUT2D eigenvalue weighted by molar-refractivity contribution is 0.0868. The molecule has 0 aromatic heterocycles. The number of nitrogens with two attached hydrogens (primary N) is 1. The van der Waals surface area contributed by atoms with Crippen molar-refractivity contribution in [3.63, 3.8) is 0 Å². The summed E-state index contributed by atoms with van der Waals surface area (Å²) in [5, 5.41) is 0. The number of hydrogen-bond acceptors (Lipinski definition) is 3. The molecule has 102 valence electrons. The largest absolute Gasteiger partial charge is 0.324 e. The summed E-state index contributed by atoms with van der Waals surface area (Å²) in [6, 6.07) is 0.896. The highest BCUT2D eigenvalue weighted by Gasteiger charge is 2.27. The highest BCUT2D eigenvalue weighted by molar-refractivity contribution is 5.85. The summed E-state index contributed by atoms with van der Waals surface area (Å²) in [5.41, 5.74) is 6.02. The van der Waals surface area contributed by atoms with Gasteiger partial charge in [-0.2, -0.15) is 0 Å². The molecule has 0 unspecified atom stereocenters. The van der Waals surface area contributed by atoms with Crippen molar-refractivity contribution in [3.05, 3.63) is 0 Å². The van der Waals surface area contributed by atoms with Crippen molar-refractivity contribution in [2.45, 2.75) is 51.1 Å². The molecule has 17 heavy (non-hydrogen) atoms. The molecule has 1 aliphatic carbocycles. The van der Waals surface area contributed by atoms with Gasteiger partial charge in [0, 0.05) is 44.3 Å². The minimum Gasteiger partial charge on any atom is -0.324 e. The maximum atomic E-state index is 6.07. The van der Waals surface area contributed by atoms with Gasteiger partial charge in [-0.15, -0.1) is 12.4 Å². The molecule has 0 bridgehead atoms. The van der Waals surface area contributed by atoms with E-state index in [9.17, 15) is 0 Å². The van der Waals surface area contributed by atoms with E-state index in [1.54, 1.807) is 0 Å². The van der Waals surface area contributed by atoms with E-state index >= 15 is 0 Å². The Bertz CT molecular complexity index is 213. The highest BCUT2D eigenvalue weighted by Crippen LogP contribution is 2.24. The summed E-state index contributed by atoms with van der Waals surface area (Å²) >= 11 is 0. The van der Waals surface area contributed by atoms with Gasteiger partial charge in [-0.05, 0) is 26.7 Å². The summed E-state index contributed by atoms with van der Waals surface area (Å²) < 4.78 is 0. The molecule has 1 saturated heterocycles. The van der Waals surface area contributed by atoms with Crippen LogP contribution in [0, 0.1) is 0 Å². The second-order valence-electron chi connectivity index (χ2n) is 6.24. The average Bonchev–Trinajstić information content (AvgIpc) is 2.69. The second-order valence-corrected chi connectivity index (χ2v) is 6.24. The molecule has 2 aliphatic rings. The Balaban J connectivity index is 0.00000144. The Morgan fingerprint density at radius 1 is 1.06 bits per heavy atom. The van der Waals surface area contributed by atoms with Crippen LogP contribution in [0.25, 0.3) is 0 Å². The lowest BCUT2D eigenvalue weighted by Gasteiger charge is -2.40. The first-order valence-corrected chi connectivity index (χ1v) is 6.80. The van der Waals surface area contributed by atoms with E-state index in [4.69, 9.17) is 5.73 Å². The van der Waals surface area contributed by atoms with Crippen LogP contribution in [0.5, 0.6) is 0 Å². The third kappa shape index (κ3) is 4.74. The zero-order valence-electron chi connectivity index (χ0n) is 11.3. The van der Waals surface area contributed by atoms with E-state index in [0.717, 1.165) is 12.6 Å². The van der Waals surface area contributed by atoms with Gasteiger partial charge in [0.25, 0.3) is 0 Å². The molecule has 0 spiro atoms. The van der Waals surface area contributed by atoms with Crippen molar-refractivity contribution >= 4 is 12.4 Å². The van der Waals surface area contributed by atoms with Gasteiger partial charge in [0.1, 0.15) is 0 Å². The topological polar surface area (TPSA) is 32.5 Å². The van der Waals surface area contributed by atoms with Crippen LogP contribution in [0.4, 0.5) is 0 Å². The molecule has 1 heterocycles. The molecule has 0 amide bonds. The zero-order chi connectivity index (χ0) is 11.6. The lowest BCUT2D eigenvalue weighted by Crippen LogP contribution is -2.54. The van der Waals surface area contributed by atoms with Crippen molar-refractivity contribution in [2.24, 2.45) is 5.73 Å². The molecule has 2 fully saturated rings. The van der Waals surface area contributed by atoms with Gasteiger partial charge < -0.3 is 5.73 Å². The molecule has 0 radical (unpaired) electrons. The molecule has 2 rings (SSSR count). The quantitative estimate of drug-likeness (QED) is 0.840. The van der Waals surface area contributed by atoms with Crippen molar-refractivity contribution in [1.29, 1.82) is 0 Å². The van der Waals surface area contributed by atoms with E-state index < -0.39 is 0 Å². The van der Waals surface area contributed by atoms with Crippen LogP contribution in [0.2, 0.25) is 0 Å². The van der Waals surface area contributed by atoms with Crippen LogP contribution in [-0.2, 0) is 0 Å². The van der Waals surface area contributed by atoms with Gasteiger partial charge in [-0.1, -0.05) is 12.8 Å². The molecule has 0 aromatic rings. The van der Waals surface area contributed by atoms with E-state index in [0.29, 0.717) is 0 Å². The highest BCUT2D eigenvalue weighted by atomic mass is 35.5. The van der Waals surface area contributed by atoms with Crippen LogP contribution < -0.4 is 5.73 Å². The fourth-order valence-electron chi connectivity index (χ4n) is 3.13. The summed E-state index contributed by atoms with van der Waals surface area (Å²) in [7, 11) is 0. The Kier molecular flexibility index (Phi) is 5.71. The van der Waals surface area contributed by atoms with E-state index in [1.807, 2.05) is 0 Å². The predicted octanol–water partition coefficient (Wildman–Crippen LogP) is 1.71. The number of rotatable bonds is 3. The molecule has 1 aliphatic heterocycles. The molecule has 1 saturated carbocycles. The minimum absolute atomic E-state index is 0. The smallest absolute Gasteiger partial charge is 0.0226 e. The molecule has 3 nitrogen and oxygen atoms in total. The van der Waals surface area contributed by atoms with Gasteiger partial charge in [0.05, 0.1) is 0 Å². The van der Waals surface area contributed by atoms with E-state index in [2.05, 4.69) is 23.6 Å². The number of halogens is 1. The fraction of sp³-hybridized carbons (Fsp3) is 1.00. The number of hydrogen-bond donors (Lipinski definition) is 1. The first-order valence-electron chi connectivity index (χ1n) is 6.80. The van der Waals surface area contributed by atoms with Gasteiger partial charge in [0.2, 0.25) is 0 Å². The Hall–Kier alpha value is 0.170. The van der Waals surface area contributed by atoms with E-state index in [1.165, 1.54) is 51.9 Å². The Morgan fingerprint density at radius 2 is 1.59 bits per heavy atom. The Labute approximate surface area is 112 Å². The molecule has 0 aromatic carbocycles. The average molecular weight is 262 g/mol. The summed E-state index contributed by atoms with van der Waals surface area (Å²) in [4.78, 5) is 5.22. The zero-order valence-corrected chi connectivity index (χ0v) is 12.1. The van der Waals surface area contributed by atoms with Crippen molar-refractivity contribution in [1.82, 2.24) is 9.80 Å². The van der Waals surface area contributed by atoms with Gasteiger partial charge >= 0.3 is 0 Å². The van der Waals surface area contributed by atoms with Crippen molar-refractivity contribution in [3.8, 4) is 0 Å². The monoisotopic (exact) mass is 261 g/mol. The van der Waals surface area contributed by atoms with Crippen LogP contribution >= 0.6 is 12.4 Å². The third-order valence-corrected chi connectivity index (χ3v) is 3.88. The predicted molar refractivity (Wildman–Crippen MR) is 75.8 cm³/mol. The fourth-order valence-corrected chi connectivity index (χ4v) is 3.13. The SMILES string of the molecule is CC(C)(N)CN1CCN(C2CCCC2)CC1.Cl. The van der Waals surface area contributed by atoms with Gasteiger partial charge in [-0.25, -0.2) is 0 Å². The van der Waals surface area contributed by atoms with Crippen LogP contribution in [-0.4, -0.2) is 54.1 Å². The van der Waals surface area contributed by atoms with Gasteiger partial charge in [-0.3, -0.25) is 9.80 Å². The van der Waals surface area contributed by atoms with Gasteiger partial charge in [0.15, 0.2) is 0 Å².